The predicted molar refractivity (Wildman–Crippen MR) is 80.3 cm³/mol. The van der Waals surface area contributed by atoms with E-state index in [0.717, 1.165) is 17.9 Å². The molecule has 19 heavy (non-hydrogen) atoms. The van der Waals surface area contributed by atoms with Gasteiger partial charge in [0.1, 0.15) is 0 Å². The van der Waals surface area contributed by atoms with Crippen molar-refractivity contribution in [3.05, 3.63) is 35.9 Å². The number of rotatable bonds is 5. The average molecular weight is 258 g/mol. The molecule has 0 bridgehead atoms. The van der Waals surface area contributed by atoms with E-state index in [4.69, 9.17) is 0 Å². The van der Waals surface area contributed by atoms with Crippen LogP contribution in [0.25, 0.3) is 0 Å². The Morgan fingerprint density at radius 2 is 1.74 bits per heavy atom. The summed E-state index contributed by atoms with van der Waals surface area (Å²) in [6.07, 6.45) is 7.47. The van der Waals surface area contributed by atoms with Crippen LogP contribution in [0.3, 0.4) is 0 Å². The molecule has 0 unspecified atom stereocenters. The standard InChI is InChI=1S/C18H26O/c1-14(2)17(15-9-5-3-6-10-15)13-18(19)16-11-7-4-8-12-16/h4,7-8,11-12,14-15,17H,3,5-6,9-10,13H2,1-2H3/t17-/m1/s1. The Bertz CT molecular complexity index is 387. The van der Waals surface area contributed by atoms with Gasteiger partial charge in [0.25, 0.3) is 0 Å². The van der Waals surface area contributed by atoms with Crippen LogP contribution in [-0.4, -0.2) is 5.78 Å². The smallest absolute Gasteiger partial charge is 0.163 e. The number of benzene rings is 1. The minimum atomic E-state index is 0.324. The number of ketones is 1. The minimum absolute atomic E-state index is 0.324. The molecular weight excluding hydrogens is 232 g/mol. The SMILES string of the molecule is CC(C)[C@@H](CC(=O)c1ccccc1)C1CCCCC1. The lowest BCUT2D eigenvalue weighted by molar-refractivity contribution is 0.0897. The third kappa shape index (κ3) is 3.92. The number of hydrogen-bond donors (Lipinski definition) is 0. The first-order valence-corrected chi connectivity index (χ1v) is 7.76. The third-order valence-corrected chi connectivity index (χ3v) is 4.63. The molecule has 1 atom stereocenters. The number of Topliss-reactive ketones (excluding diaryl/α,β-unsaturated/α-hetero) is 1. The van der Waals surface area contributed by atoms with Crippen LogP contribution in [0, 0.1) is 17.8 Å². The zero-order valence-electron chi connectivity index (χ0n) is 12.3. The fraction of sp³-hybridized carbons (Fsp3) is 0.611. The van der Waals surface area contributed by atoms with Gasteiger partial charge in [-0.05, 0) is 17.8 Å². The van der Waals surface area contributed by atoms with Gasteiger partial charge in [-0.3, -0.25) is 4.79 Å². The molecule has 1 aromatic carbocycles. The molecule has 1 aliphatic carbocycles. The van der Waals surface area contributed by atoms with Gasteiger partial charge < -0.3 is 0 Å². The lowest BCUT2D eigenvalue weighted by Gasteiger charge is -2.32. The maximum absolute atomic E-state index is 12.4. The van der Waals surface area contributed by atoms with Crippen molar-refractivity contribution in [3.8, 4) is 0 Å². The van der Waals surface area contributed by atoms with Crippen LogP contribution in [0.1, 0.15) is 62.7 Å². The van der Waals surface area contributed by atoms with Crippen LogP contribution >= 0.6 is 0 Å². The van der Waals surface area contributed by atoms with Crippen LogP contribution in [0.2, 0.25) is 0 Å². The molecule has 104 valence electrons. The van der Waals surface area contributed by atoms with Gasteiger partial charge >= 0.3 is 0 Å². The maximum atomic E-state index is 12.4. The van der Waals surface area contributed by atoms with E-state index >= 15 is 0 Å². The summed E-state index contributed by atoms with van der Waals surface area (Å²) in [6.45, 7) is 4.55. The molecule has 1 aromatic rings. The molecular formula is C18H26O. The zero-order chi connectivity index (χ0) is 13.7. The summed E-state index contributed by atoms with van der Waals surface area (Å²) in [5.74, 6) is 2.26. The highest BCUT2D eigenvalue weighted by molar-refractivity contribution is 5.96. The molecule has 0 aromatic heterocycles. The van der Waals surface area contributed by atoms with Crippen molar-refractivity contribution in [1.82, 2.24) is 0 Å². The largest absolute Gasteiger partial charge is 0.294 e. The van der Waals surface area contributed by atoms with Crippen LogP contribution < -0.4 is 0 Å². The predicted octanol–water partition coefficient (Wildman–Crippen LogP) is 5.11. The number of carbonyl (C=O) groups is 1. The molecule has 0 N–H and O–H groups in total. The average Bonchev–Trinajstić information content (AvgIpc) is 2.46. The molecule has 0 radical (unpaired) electrons. The quantitative estimate of drug-likeness (QED) is 0.670. The van der Waals surface area contributed by atoms with Gasteiger partial charge in [0.2, 0.25) is 0 Å². The van der Waals surface area contributed by atoms with Crippen molar-refractivity contribution in [2.75, 3.05) is 0 Å². The van der Waals surface area contributed by atoms with Gasteiger partial charge in [0.05, 0.1) is 0 Å². The summed E-state index contributed by atoms with van der Waals surface area (Å²) in [5.41, 5.74) is 0.879. The second kappa shape index (κ2) is 6.88. The van der Waals surface area contributed by atoms with Gasteiger partial charge in [-0.2, -0.15) is 0 Å². The van der Waals surface area contributed by atoms with Crippen molar-refractivity contribution in [1.29, 1.82) is 0 Å². The number of carbonyl (C=O) groups excluding carboxylic acids is 1. The Kier molecular flexibility index (Phi) is 5.18. The van der Waals surface area contributed by atoms with Crippen molar-refractivity contribution in [2.45, 2.75) is 52.4 Å². The van der Waals surface area contributed by atoms with E-state index in [1.807, 2.05) is 30.3 Å². The normalized spacial score (nSPS) is 18.5. The lowest BCUT2D eigenvalue weighted by atomic mass is 9.72. The fourth-order valence-electron chi connectivity index (χ4n) is 3.46. The highest BCUT2D eigenvalue weighted by Crippen LogP contribution is 2.36. The summed E-state index contributed by atoms with van der Waals surface area (Å²) in [5, 5.41) is 0. The van der Waals surface area contributed by atoms with Crippen LogP contribution in [-0.2, 0) is 0 Å². The summed E-state index contributed by atoms with van der Waals surface area (Å²) >= 11 is 0. The second-order valence-corrected chi connectivity index (χ2v) is 6.30. The second-order valence-electron chi connectivity index (χ2n) is 6.30. The molecule has 1 aliphatic rings. The van der Waals surface area contributed by atoms with Crippen molar-refractivity contribution >= 4 is 5.78 Å². The number of hydrogen-bond acceptors (Lipinski definition) is 1. The van der Waals surface area contributed by atoms with Crippen molar-refractivity contribution in [2.24, 2.45) is 17.8 Å². The molecule has 0 aliphatic heterocycles. The molecule has 1 nitrogen and oxygen atoms in total. The molecule has 0 saturated heterocycles. The fourth-order valence-corrected chi connectivity index (χ4v) is 3.46. The molecule has 1 heteroatoms. The zero-order valence-corrected chi connectivity index (χ0v) is 12.3. The van der Waals surface area contributed by atoms with E-state index in [-0.39, 0.29) is 0 Å². The minimum Gasteiger partial charge on any atom is -0.294 e. The van der Waals surface area contributed by atoms with Gasteiger partial charge in [-0.1, -0.05) is 76.3 Å². The molecule has 0 spiro atoms. The topological polar surface area (TPSA) is 17.1 Å². The third-order valence-electron chi connectivity index (χ3n) is 4.63. The molecule has 2 rings (SSSR count). The first kappa shape index (κ1) is 14.3. The highest BCUT2D eigenvalue weighted by atomic mass is 16.1. The first-order valence-electron chi connectivity index (χ1n) is 7.76. The van der Waals surface area contributed by atoms with Gasteiger partial charge in [0.15, 0.2) is 5.78 Å². The van der Waals surface area contributed by atoms with Crippen molar-refractivity contribution in [3.63, 3.8) is 0 Å². The Morgan fingerprint density at radius 1 is 1.11 bits per heavy atom. The Labute approximate surface area is 117 Å². The van der Waals surface area contributed by atoms with Crippen LogP contribution in [0.15, 0.2) is 30.3 Å². The Balaban J connectivity index is 2.02. The summed E-state index contributed by atoms with van der Waals surface area (Å²) < 4.78 is 0. The van der Waals surface area contributed by atoms with E-state index in [1.54, 1.807) is 0 Å². The molecule has 0 amide bonds. The molecule has 1 fully saturated rings. The van der Waals surface area contributed by atoms with E-state index in [9.17, 15) is 4.79 Å². The first-order chi connectivity index (χ1) is 9.18. The van der Waals surface area contributed by atoms with E-state index in [2.05, 4.69) is 13.8 Å². The van der Waals surface area contributed by atoms with Crippen LogP contribution in [0.5, 0.6) is 0 Å². The van der Waals surface area contributed by atoms with Gasteiger partial charge in [0, 0.05) is 12.0 Å². The van der Waals surface area contributed by atoms with E-state index in [1.165, 1.54) is 32.1 Å². The van der Waals surface area contributed by atoms with Crippen molar-refractivity contribution < 1.29 is 4.79 Å². The Morgan fingerprint density at radius 3 is 2.32 bits per heavy atom. The molecule has 1 saturated carbocycles. The monoisotopic (exact) mass is 258 g/mol. The van der Waals surface area contributed by atoms with E-state index in [0.29, 0.717) is 17.6 Å². The summed E-state index contributed by atoms with van der Waals surface area (Å²) in [6, 6.07) is 9.77. The van der Waals surface area contributed by atoms with Gasteiger partial charge in [-0.15, -0.1) is 0 Å². The summed E-state index contributed by atoms with van der Waals surface area (Å²) in [4.78, 5) is 12.4. The molecule has 0 heterocycles. The van der Waals surface area contributed by atoms with E-state index < -0.39 is 0 Å². The Hall–Kier alpha value is -1.11. The maximum Gasteiger partial charge on any atom is 0.163 e. The van der Waals surface area contributed by atoms with Gasteiger partial charge in [-0.25, -0.2) is 0 Å². The lowest BCUT2D eigenvalue weighted by Crippen LogP contribution is -2.25. The van der Waals surface area contributed by atoms with Crippen LogP contribution in [0.4, 0.5) is 0 Å². The highest BCUT2D eigenvalue weighted by Gasteiger charge is 2.28. The summed E-state index contributed by atoms with van der Waals surface area (Å²) in [7, 11) is 0.